The minimum absolute atomic E-state index is 0.112. The van der Waals surface area contributed by atoms with Crippen molar-refractivity contribution in [2.75, 3.05) is 0 Å². The van der Waals surface area contributed by atoms with E-state index in [1.54, 1.807) is 11.4 Å². The van der Waals surface area contributed by atoms with Crippen molar-refractivity contribution in [2.24, 2.45) is 0 Å². The fraction of sp³-hybridized carbons (Fsp3) is 0.167. The van der Waals surface area contributed by atoms with Gasteiger partial charge in [-0.25, -0.2) is 0 Å². The van der Waals surface area contributed by atoms with E-state index in [0.29, 0.717) is 17.8 Å². The zero-order valence-electron chi connectivity index (χ0n) is 9.62. The van der Waals surface area contributed by atoms with E-state index in [1.165, 1.54) is 0 Å². The van der Waals surface area contributed by atoms with Crippen molar-refractivity contribution in [1.29, 1.82) is 0 Å². The smallest absolute Gasteiger partial charge is 0.304 e. The molecule has 2 rings (SSSR count). The number of aromatic nitrogens is 1. The maximum atomic E-state index is 11.9. The van der Waals surface area contributed by atoms with Crippen LogP contribution in [0.4, 0.5) is 0 Å². The van der Waals surface area contributed by atoms with Gasteiger partial charge in [-0.1, -0.05) is 27.3 Å². The summed E-state index contributed by atoms with van der Waals surface area (Å²) in [6, 6.07) is 5.41. The number of carbonyl (C=O) groups excluding carboxylic acids is 1. The number of benzene rings is 1. The molecule has 2 aromatic rings. The van der Waals surface area contributed by atoms with Crippen LogP contribution in [0.15, 0.2) is 32.8 Å². The lowest BCUT2D eigenvalue weighted by Crippen LogP contribution is -2.23. The second-order valence-corrected chi connectivity index (χ2v) is 5.52. The molecule has 1 aromatic carbocycles. The molecule has 0 unspecified atom stereocenters. The molecule has 18 heavy (non-hydrogen) atoms. The molecule has 0 bridgehead atoms. The summed E-state index contributed by atoms with van der Waals surface area (Å²) in [4.78, 5) is 25.3. The Balaban J connectivity index is 2.03. The second-order valence-electron chi connectivity index (χ2n) is 3.82. The third kappa shape index (κ3) is 3.08. The minimum atomic E-state index is -0.155. The van der Waals surface area contributed by atoms with Gasteiger partial charge in [-0.05, 0) is 30.7 Å². The number of aryl methyl sites for hydroxylation is 1. The first-order valence-electron chi connectivity index (χ1n) is 5.27. The summed E-state index contributed by atoms with van der Waals surface area (Å²) in [6.45, 7) is 2.25. The van der Waals surface area contributed by atoms with E-state index >= 15 is 0 Å². The van der Waals surface area contributed by atoms with Crippen LogP contribution in [0, 0.1) is 6.92 Å². The first kappa shape index (κ1) is 13.0. The zero-order valence-corrected chi connectivity index (χ0v) is 12.0. The molecular weight excluding hydrogens is 316 g/mol. The molecule has 2 N–H and O–H groups in total. The van der Waals surface area contributed by atoms with Crippen molar-refractivity contribution in [2.45, 2.75) is 13.5 Å². The lowest BCUT2D eigenvalue weighted by Gasteiger charge is -2.05. The van der Waals surface area contributed by atoms with Crippen LogP contribution < -0.4 is 10.2 Å². The van der Waals surface area contributed by atoms with Crippen LogP contribution in [-0.2, 0) is 6.54 Å². The lowest BCUT2D eigenvalue weighted by atomic mass is 10.1. The average Bonchev–Trinajstić information content (AvgIpc) is 2.75. The summed E-state index contributed by atoms with van der Waals surface area (Å²) in [5.74, 6) is -0.155. The first-order chi connectivity index (χ1) is 8.56. The van der Waals surface area contributed by atoms with E-state index in [2.05, 4.69) is 26.2 Å². The number of amides is 1. The molecule has 1 aromatic heterocycles. The number of hydrogen-bond acceptors (Lipinski definition) is 3. The maximum Gasteiger partial charge on any atom is 0.304 e. The fourth-order valence-electron chi connectivity index (χ4n) is 1.46. The van der Waals surface area contributed by atoms with Crippen LogP contribution in [0.5, 0.6) is 0 Å². The molecular formula is C12H11BrN2O2S. The van der Waals surface area contributed by atoms with Gasteiger partial charge in [-0.15, -0.1) is 0 Å². The quantitative estimate of drug-likeness (QED) is 0.910. The van der Waals surface area contributed by atoms with Gasteiger partial charge in [0.05, 0.1) is 6.54 Å². The van der Waals surface area contributed by atoms with E-state index in [-0.39, 0.29) is 10.8 Å². The highest BCUT2D eigenvalue weighted by Crippen LogP contribution is 2.17. The third-order valence-corrected chi connectivity index (χ3v) is 4.04. The Kier molecular flexibility index (Phi) is 3.98. The van der Waals surface area contributed by atoms with Crippen molar-refractivity contribution in [3.63, 3.8) is 0 Å². The van der Waals surface area contributed by atoms with Crippen LogP contribution in [0.25, 0.3) is 0 Å². The number of rotatable bonds is 3. The lowest BCUT2D eigenvalue weighted by molar-refractivity contribution is 0.0950. The van der Waals surface area contributed by atoms with Gasteiger partial charge < -0.3 is 10.3 Å². The standard InChI is InChI=1S/C12H11BrN2O2S/c1-7-4-8(2-3-10(7)13)11(16)14-5-9-6-18-12(17)15-9/h2-4,6H,5H2,1H3,(H,14,16)(H,15,17). The van der Waals surface area contributed by atoms with Gasteiger partial charge in [0.15, 0.2) is 0 Å². The molecule has 1 amide bonds. The highest BCUT2D eigenvalue weighted by molar-refractivity contribution is 9.10. The molecule has 0 aliphatic heterocycles. The number of nitrogens with one attached hydrogen (secondary N) is 2. The molecule has 0 aliphatic carbocycles. The highest BCUT2D eigenvalue weighted by Gasteiger charge is 2.07. The average molecular weight is 327 g/mol. The molecule has 0 atom stereocenters. The Labute approximate surface area is 116 Å². The molecule has 0 radical (unpaired) electrons. The van der Waals surface area contributed by atoms with Gasteiger partial charge in [-0.2, -0.15) is 0 Å². The van der Waals surface area contributed by atoms with Crippen LogP contribution in [0.1, 0.15) is 21.6 Å². The summed E-state index contributed by atoms with van der Waals surface area (Å²) in [7, 11) is 0. The Morgan fingerprint density at radius 3 is 2.89 bits per heavy atom. The third-order valence-electron chi connectivity index (χ3n) is 2.43. The van der Waals surface area contributed by atoms with E-state index in [4.69, 9.17) is 0 Å². The summed E-state index contributed by atoms with van der Waals surface area (Å²) >= 11 is 4.47. The van der Waals surface area contributed by atoms with Crippen molar-refractivity contribution in [3.05, 3.63) is 54.5 Å². The number of hydrogen-bond donors (Lipinski definition) is 2. The Morgan fingerprint density at radius 1 is 1.50 bits per heavy atom. The first-order valence-corrected chi connectivity index (χ1v) is 6.94. The molecule has 4 nitrogen and oxygen atoms in total. The normalized spacial score (nSPS) is 10.3. The largest absolute Gasteiger partial charge is 0.346 e. The molecule has 0 saturated heterocycles. The summed E-state index contributed by atoms with van der Waals surface area (Å²) in [5, 5.41) is 4.46. The molecule has 94 valence electrons. The van der Waals surface area contributed by atoms with Gasteiger partial charge in [0.1, 0.15) is 0 Å². The summed E-state index contributed by atoms with van der Waals surface area (Å²) < 4.78 is 0.973. The van der Waals surface area contributed by atoms with Gasteiger partial charge in [-0.3, -0.25) is 9.59 Å². The second kappa shape index (κ2) is 5.49. The number of carbonyl (C=O) groups is 1. The molecule has 0 fully saturated rings. The van der Waals surface area contributed by atoms with Gasteiger partial charge >= 0.3 is 4.87 Å². The predicted molar refractivity (Wildman–Crippen MR) is 75.0 cm³/mol. The maximum absolute atomic E-state index is 11.9. The Morgan fingerprint density at radius 2 is 2.28 bits per heavy atom. The van der Waals surface area contributed by atoms with E-state index < -0.39 is 0 Å². The van der Waals surface area contributed by atoms with Crippen molar-refractivity contribution in [1.82, 2.24) is 10.3 Å². The van der Waals surface area contributed by atoms with Crippen LogP contribution in [-0.4, -0.2) is 10.9 Å². The van der Waals surface area contributed by atoms with Crippen molar-refractivity contribution in [3.8, 4) is 0 Å². The number of thiazole rings is 1. The Bertz CT molecular complexity index is 633. The molecule has 6 heteroatoms. The van der Waals surface area contributed by atoms with E-state index in [9.17, 15) is 9.59 Å². The fourth-order valence-corrected chi connectivity index (χ4v) is 2.29. The predicted octanol–water partition coefficient (Wildman–Crippen LogP) is 2.44. The van der Waals surface area contributed by atoms with Crippen LogP contribution in [0.3, 0.4) is 0 Å². The highest BCUT2D eigenvalue weighted by atomic mass is 79.9. The number of halogens is 1. The van der Waals surface area contributed by atoms with Gasteiger partial charge in [0, 0.05) is 21.1 Å². The van der Waals surface area contributed by atoms with E-state index in [1.807, 2.05) is 19.1 Å². The number of H-pyrrole nitrogens is 1. The van der Waals surface area contributed by atoms with Crippen LogP contribution in [0.2, 0.25) is 0 Å². The monoisotopic (exact) mass is 326 g/mol. The van der Waals surface area contributed by atoms with Crippen molar-refractivity contribution >= 4 is 33.2 Å². The summed E-state index contributed by atoms with van der Waals surface area (Å²) in [6.07, 6.45) is 0. The van der Waals surface area contributed by atoms with Crippen molar-refractivity contribution < 1.29 is 4.79 Å². The SMILES string of the molecule is Cc1cc(C(=O)NCc2csc(=O)[nH]2)ccc1Br. The van der Waals surface area contributed by atoms with E-state index in [0.717, 1.165) is 21.4 Å². The van der Waals surface area contributed by atoms with Crippen LogP contribution >= 0.6 is 27.3 Å². The molecule has 1 heterocycles. The van der Waals surface area contributed by atoms with Gasteiger partial charge in [0.2, 0.25) is 0 Å². The molecule has 0 saturated carbocycles. The topological polar surface area (TPSA) is 62.0 Å². The minimum Gasteiger partial charge on any atom is -0.346 e. The summed E-state index contributed by atoms with van der Waals surface area (Å²) in [5.41, 5.74) is 2.33. The number of aromatic amines is 1. The van der Waals surface area contributed by atoms with Gasteiger partial charge in [0.25, 0.3) is 5.91 Å². The molecule has 0 aliphatic rings. The Hall–Kier alpha value is -1.40. The zero-order chi connectivity index (χ0) is 13.1. The molecule has 0 spiro atoms.